The van der Waals surface area contributed by atoms with Crippen LogP contribution < -0.4 is 0 Å². The van der Waals surface area contributed by atoms with E-state index in [1.54, 1.807) is 0 Å². The number of halogens is 6. The Morgan fingerprint density at radius 3 is 2.28 bits per heavy atom. The summed E-state index contributed by atoms with van der Waals surface area (Å²) in [5.41, 5.74) is -2.23. The first-order valence-electron chi connectivity index (χ1n) is 8.87. The normalized spacial score (nSPS) is 34.6. The molecule has 2 aliphatic carbocycles. The second kappa shape index (κ2) is 6.51. The van der Waals surface area contributed by atoms with Crippen molar-refractivity contribution in [2.24, 2.45) is 11.8 Å². The van der Waals surface area contributed by atoms with Crippen LogP contribution in [0.15, 0.2) is 12.1 Å². The van der Waals surface area contributed by atoms with Gasteiger partial charge in [0.1, 0.15) is 5.67 Å². The number of hydrogen-bond acceptors (Lipinski definition) is 0. The third kappa shape index (κ3) is 3.41. The van der Waals surface area contributed by atoms with Crippen molar-refractivity contribution >= 4 is 0 Å². The zero-order valence-corrected chi connectivity index (χ0v) is 14.1. The lowest BCUT2D eigenvalue weighted by molar-refractivity contribution is -0.0754. The minimum absolute atomic E-state index is 0.0628. The summed E-state index contributed by atoms with van der Waals surface area (Å²) in [7, 11) is 0. The largest absolute Gasteiger partial charge is 0.257 e. The molecule has 3 rings (SSSR count). The summed E-state index contributed by atoms with van der Waals surface area (Å²) >= 11 is 0. The highest BCUT2D eigenvalue weighted by molar-refractivity contribution is 5.26. The van der Waals surface area contributed by atoms with Gasteiger partial charge in [0.2, 0.25) is 0 Å². The SMILES string of the molecule is CCCC1CC2CCC(c3cc(F)c(F)c(F)c3)C(F)(F)CC2(F)C1. The van der Waals surface area contributed by atoms with Gasteiger partial charge in [-0.05, 0) is 55.2 Å². The molecule has 0 bridgehead atoms. The maximum Gasteiger partial charge on any atom is 0.257 e. The summed E-state index contributed by atoms with van der Waals surface area (Å²) in [6.07, 6.45) is 1.67. The van der Waals surface area contributed by atoms with Crippen molar-refractivity contribution in [2.45, 2.75) is 69.4 Å². The molecular formula is C19H22F6. The molecule has 25 heavy (non-hydrogen) atoms. The molecule has 4 unspecified atom stereocenters. The van der Waals surface area contributed by atoms with Crippen LogP contribution in [-0.4, -0.2) is 11.6 Å². The molecule has 0 aromatic heterocycles. The second-order valence-corrected chi connectivity index (χ2v) is 7.69. The lowest BCUT2D eigenvalue weighted by Crippen LogP contribution is -2.36. The Balaban J connectivity index is 1.89. The summed E-state index contributed by atoms with van der Waals surface area (Å²) < 4.78 is 84.9. The van der Waals surface area contributed by atoms with Crippen molar-refractivity contribution in [3.8, 4) is 0 Å². The van der Waals surface area contributed by atoms with Crippen LogP contribution in [0.5, 0.6) is 0 Å². The van der Waals surface area contributed by atoms with Crippen LogP contribution in [0.2, 0.25) is 0 Å². The number of alkyl halides is 3. The molecule has 0 nitrogen and oxygen atoms in total. The van der Waals surface area contributed by atoms with Crippen molar-refractivity contribution < 1.29 is 26.3 Å². The average molecular weight is 364 g/mol. The number of rotatable bonds is 3. The fourth-order valence-electron chi connectivity index (χ4n) is 4.85. The monoisotopic (exact) mass is 364 g/mol. The highest BCUT2D eigenvalue weighted by Gasteiger charge is 2.57. The Labute approximate surface area is 143 Å². The van der Waals surface area contributed by atoms with Gasteiger partial charge in [-0.1, -0.05) is 19.8 Å². The van der Waals surface area contributed by atoms with Crippen LogP contribution in [0.4, 0.5) is 26.3 Å². The summed E-state index contributed by atoms with van der Waals surface area (Å²) in [6.45, 7) is 1.99. The van der Waals surface area contributed by atoms with E-state index in [1.165, 1.54) is 0 Å². The molecule has 0 radical (unpaired) electrons. The lowest BCUT2D eigenvalue weighted by atomic mass is 9.85. The Kier molecular flexibility index (Phi) is 4.84. The van der Waals surface area contributed by atoms with Crippen LogP contribution >= 0.6 is 0 Å². The topological polar surface area (TPSA) is 0 Å². The molecule has 0 spiro atoms. The van der Waals surface area contributed by atoms with Gasteiger partial charge >= 0.3 is 0 Å². The van der Waals surface area contributed by atoms with Gasteiger partial charge in [0.25, 0.3) is 5.92 Å². The lowest BCUT2D eigenvalue weighted by Gasteiger charge is -2.30. The Bertz CT molecular complexity index is 620. The van der Waals surface area contributed by atoms with E-state index in [9.17, 15) is 22.0 Å². The molecule has 4 atom stereocenters. The molecule has 0 saturated heterocycles. The van der Waals surface area contributed by atoms with Crippen LogP contribution in [-0.2, 0) is 0 Å². The molecule has 0 N–H and O–H groups in total. The molecule has 0 amide bonds. The maximum atomic E-state index is 15.3. The Hall–Kier alpha value is -1.20. The Morgan fingerprint density at radius 2 is 1.68 bits per heavy atom. The molecule has 140 valence electrons. The quantitative estimate of drug-likeness (QED) is 0.422. The highest BCUT2D eigenvalue weighted by Crippen LogP contribution is 2.57. The molecule has 0 heterocycles. The summed E-state index contributed by atoms with van der Waals surface area (Å²) in [4.78, 5) is 0. The Morgan fingerprint density at radius 1 is 1.04 bits per heavy atom. The van der Waals surface area contributed by atoms with Crippen molar-refractivity contribution in [2.75, 3.05) is 0 Å². The van der Waals surface area contributed by atoms with Gasteiger partial charge in [0.05, 0.1) is 0 Å². The second-order valence-electron chi connectivity index (χ2n) is 7.69. The molecule has 2 aliphatic rings. The molecule has 1 aromatic rings. The molecule has 6 heteroatoms. The average Bonchev–Trinajstić information content (AvgIpc) is 2.74. The van der Waals surface area contributed by atoms with Crippen LogP contribution in [0.3, 0.4) is 0 Å². The standard InChI is InChI=1S/C19H22F6/c1-2-3-11-6-13-4-5-14(19(24,25)10-18(13,23)9-11)12-7-15(20)17(22)16(21)8-12/h7-8,11,13-14H,2-6,9-10H2,1H3. The van der Waals surface area contributed by atoms with E-state index in [1.807, 2.05) is 6.92 Å². The van der Waals surface area contributed by atoms with Crippen LogP contribution in [0, 0.1) is 29.3 Å². The van der Waals surface area contributed by atoms with E-state index >= 15 is 4.39 Å². The van der Waals surface area contributed by atoms with Crippen LogP contribution in [0.25, 0.3) is 0 Å². The number of fused-ring (bicyclic) bond motifs is 1. The number of hydrogen-bond donors (Lipinski definition) is 0. The van der Waals surface area contributed by atoms with Gasteiger partial charge in [-0.15, -0.1) is 0 Å². The molecule has 2 fully saturated rings. The molecule has 0 aliphatic heterocycles. The predicted molar refractivity (Wildman–Crippen MR) is 82.8 cm³/mol. The van der Waals surface area contributed by atoms with E-state index < -0.39 is 47.3 Å². The van der Waals surface area contributed by atoms with Gasteiger partial charge in [0.15, 0.2) is 17.5 Å². The van der Waals surface area contributed by atoms with Gasteiger partial charge in [-0.2, -0.15) is 0 Å². The predicted octanol–water partition coefficient (Wildman–Crippen LogP) is 6.54. The van der Waals surface area contributed by atoms with Crippen molar-refractivity contribution in [1.29, 1.82) is 0 Å². The minimum Gasteiger partial charge on any atom is -0.243 e. The molecular weight excluding hydrogens is 342 g/mol. The van der Waals surface area contributed by atoms with Crippen molar-refractivity contribution in [3.63, 3.8) is 0 Å². The van der Waals surface area contributed by atoms with Gasteiger partial charge in [-0.3, -0.25) is 0 Å². The van der Waals surface area contributed by atoms with E-state index in [0.717, 1.165) is 12.8 Å². The number of benzene rings is 1. The van der Waals surface area contributed by atoms with Gasteiger partial charge in [-0.25, -0.2) is 26.3 Å². The smallest absolute Gasteiger partial charge is 0.243 e. The fraction of sp³-hybridized carbons (Fsp3) is 0.684. The first-order valence-corrected chi connectivity index (χ1v) is 8.87. The van der Waals surface area contributed by atoms with E-state index in [-0.39, 0.29) is 30.7 Å². The van der Waals surface area contributed by atoms with Crippen LogP contribution in [0.1, 0.15) is 63.4 Å². The zero-order chi connectivity index (χ0) is 18.4. The molecule has 1 aromatic carbocycles. The highest BCUT2D eigenvalue weighted by atomic mass is 19.3. The first kappa shape index (κ1) is 18.6. The van der Waals surface area contributed by atoms with E-state index in [4.69, 9.17) is 0 Å². The van der Waals surface area contributed by atoms with Gasteiger partial charge in [0, 0.05) is 12.3 Å². The molecule has 2 saturated carbocycles. The van der Waals surface area contributed by atoms with Gasteiger partial charge < -0.3 is 0 Å². The third-order valence-corrected chi connectivity index (χ3v) is 5.93. The summed E-state index contributed by atoms with van der Waals surface area (Å²) in [6, 6.07) is 1.23. The minimum atomic E-state index is -3.43. The van der Waals surface area contributed by atoms with Crippen molar-refractivity contribution in [3.05, 3.63) is 35.1 Å². The summed E-state index contributed by atoms with van der Waals surface area (Å²) in [5, 5.41) is 0. The van der Waals surface area contributed by atoms with Crippen molar-refractivity contribution in [1.82, 2.24) is 0 Å². The van der Waals surface area contributed by atoms with E-state index in [0.29, 0.717) is 18.6 Å². The zero-order valence-electron chi connectivity index (χ0n) is 14.1. The van der Waals surface area contributed by atoms with E-state index in [2.05, 4.69) is 0 Å². The maximum absolute atomic E-state index is 15.3. The first-order chi connectivity index (χ1) is 11.7. The fourth-order valence-corrected chi connectivity index (χ4v) is 4.85. The third-order valence-electron chi connectivity index (χ3n) is 5.93. The summed E-state index contributed by atoms with van der Waals surface area (Å²) in [5.74, 6) is -9.92.